The number of phenolic OH excluding ortho intramolecular Hbond substituents is 2. The summed E-state index contributed by atoms with van der Waals surface area (Å²) in [5, 5.41) is 44.6. The maximum absolute atomic E-state index is 13.5. The number of aromatic amines is 2. The van der Waals surface area contributed by atoms with Crippen molar-refractivity contribution in [2.45, 2.75) is 25.7 Å². The topological polar surface area (TPSA) is 389 Å². The van der Waals surface area contributed by atoms with Crippen molar-refractivity contribution in [3.8, 4) is 34.5 Å². The Morgan fingerprint density at radius 1 is 0.484 bits per heavy atom. The molecule has 0 aliphatic carbocycles. The minimum Gasteiger partial charge on any atom is -0.505 e. The number of hydrogen-bond donors (Lipinski definition) is 12. The third-order valence-corrected chi connectivity index (χ3v) is 14.7. The molecule has 0 bridgehead atoms. The molecule has 2 aromatic carbocycles. The largest absolute Gasteiger partial charge is 0.505 e. The molecular weight excluding hydrogens is 1170 g/mol. The predicted molar refractivity (Wildman–Crippen MR) is 337 cm³/mol. The highest BCUT2D eigenvalue weighted by molar-refractivity contribution is 6.11. The summed E-state index contributed by atoms with van der Waals surface area (Å²) >= 11 is 0. The molecule has 8 amide bonds. The van der Waals surface area contributed by atoms with Gasteiger partial charge in [-0.1, -0.05) is 0 Å². The average Bonchev–Trinajstić information content (AvgIpc) is 1.81. The van der Waals surface area contributed by atoms with Crippen LogP contribution in [0.3, 0.4) is 0 Å². The molecule has 0 saturated heterocycles. The summed E-state index contributed by atoms with van der Waals surface area (Å²) in [5.41, 5.74) is 4.00. The summed E-state index contributed by atoms with van der Waals surface area (Å²) < 4.78 is 9.54. The highest BCUT2D eigenvalue weighted by Crippen LogP contribution is 2.34. The van der Waals surface area contributed by atoms with Crippen molar-refractivity contribution < 1.29 is 48.6 Å². The van der Waals surface area contributed by atoms with E-state index in [9.17, 15) is 48.6 Å². The Morgan fingerprint density at radius 3 is 1.48 bits per heavy atom. The fourth-order valence-corrected chi connectivity index (χ4v) is 10.1. The molecule has 8 heterocycles. The molecule has 0 saturated carbocycles. The first kappa shape index (κ1) is 62.3. The molecule has 0 atom stereocenters. The molecule has 0 fully saturated rings. The molecule has 31 heteroatoms. The Kier molecular flexibility index (Phi) is 18.0. The van der Waals surface area contributed by atoms with Gasteiger partial charge in [-0.3, -0.25) is 38.4 Å². The lowest BCUT2D eigenvalue weighted by atomic mass is 10.1. The van der Waals surface area contributed by atoms with Crippen molar-refractivity contribution >= 4 is 97.9 Å². The van der Waals surface area contributed by atoms with Gasteiger partial charge >= 0.3 is 0 Å². The second-order valence-electron chi connectivity index (χ2n) is 21.9. The van der Waals surface area contributed by atoms with Gasteiger partial charge in [-0.05, 0) is 82.0 Å². The van der Waals surface area contributed by atoms with E-state index < -0.39 is 41.4 Å². The van der Waals surface area contributed by atoms with Crippen molar-refractivity contribution in [2.24, 2.45) is 42.3 Å². The van der Waals surface area contributed by atoms with Crippen molar-refractivity contribution in [2.75, 3.05) is 66.9 Å². The van der Waals surface area contributed by atoms with Gasteiger partial charge in [0, 0.05) is 118 Å². The number of benzene rings is 2. The first-order valence-electron chi connectivity index (χ1n) is 28.6. The van der Waals surface area contributed by atoms with Gasteiger partial charge in [-0.15, -0.1) is 0 Å². The SMILES string of the molecule is CN(C)CCCNC(=O)CCNC(=O)c1cc(NC(=O)c2ccc3nc(-c4cc(NC(=O)c5nc(NC(=O)CCCNC(=O)c6cc(NC(=O)c7ccc8nc(-c9cc(NC(=O)c%10nccn%10C)cn9C)[nH]c8c7O)cn6C)cn5C)cn4C)[nH]c3c2O)cn1C. The van der Waals surface area contributed by atoms with Crippen molar-refractivity contribution in [1.29, 1.82) is 0 Å². The molecule has 0 spiro atoms. The maximum atomic E-state index is 13.5. The molecule has 10 aromatic rings. The minimum absolute atomic E-state index is 0.00460. The van der Waals surface area contributed by atoms with E-state index >= 15 is 0 Å². The number of anilines is 5. The van der Waals surface area contributed by atoms with Crippen LogP contribution in [0, 0.1) is 0 Å². The quantitative estimate of drug-likeness (QED) is 0.0374. The number of nitrogens with one attached hydrogen (secondary N) is 10. The second kappa shape index (κ2) is 26.3. The Morgan fingerprint density at radius 2 is 0.967 bits per heavy atom. The van der Waals surface area contributed by atoms with E-state index in [4.69, 9.17) is 0 Å². The predicted octanol–water partition coefficient (Wildman–Crippen LogP) is 4.35. The minimum atomic E-state index is -0.649. The van der Waals surface area contributed by atoms with Gasteiger partial charge in [-0.25, -0.2) is 19.9 Å². The van der Waals surface area contributed by atoms with E-state index in [2.05, 4.69) is 72.4 Å². The van der Waals surface area contributed by atoms with Crippen molar-refractivity contribution in [1.82, 2.24) is 78.2 Å². The third kappa shape index (κ3) is 14.0. The van der Waals surface area contributed by atoms with Crippen molar-refractivity contribution in [3.63, 3.8) is 0 Å². The first-order valence-corrected chi connectivity index (χ1v) is 28.6. The van der Waals surface area contributed by atoms with Gasteiger partial charge in [0.05, 0.1) is 56.3 Å². The zero-order valence-corrected chi connectivity index (χ0v) is 50.9. The second-order valence-corrected chi connectivity index (χ2v) is 21.9. The summed E-state index contributed by atoms with van der Waals surface area (Å²) in [6, 6.07) is 12.3. The zero-order chi connectivity index (χ0) is 64.9. The number of phenols is 2. The van der Waals surface area contributed by atoms with E-state index in [1.165, 1.54) is 56.6 Å². The Bertz CT molecular complexity index is 4480. The van der Waals surface area contributed by atoms with Crippen LogP contribution in [-0.4, -0.2) is 160 Å². The van der Waals surface area contributed by atoms with Gasteiger partial charge < -0.3 is 95.0 Å². The molecule has 8 aromatic heterocycles. The fourth-order valence-electron chi connectivity index (χ4n) is 10.1. The van der Waals surface area contributed by atoms with Crippen LogP contribution < -0.4 is 42.5 Å². The number of hydrogen-bond acceptors (Lipinski definition) is 15. The molecule has 0 aliphatic rings. The normalized spacial score (nSPS) is 11.3. The number of aromatic hydroxyl groups is 2. The van der Waals surface area contributed by atoms with Crippen LogP contribution in [0.5, 0.6) is 11.5 Å². The summed E-state index contributed by atoms with van der Waals surface area (Å²) in [7, 11) is 14.0. The van der Waals surface area contributed by atoms with Crippen LogP contribution in [-0.2, 0) is 51.9 Å². The summed E-state index contributed by atoms with van der Waals surface area (Å²) in [6.45, 7) is 1.62. The number of aromatic nitrogens is 12. The van der Waals surface area contributed by atoms with E-state index in [1.54, 1.807) is 105 Å². The van der Waals surface area contributed by atoms with Crippen LogP contribution in [0.4, 0.5) is 28.6 Å². The number of amides is 8. The molecule has 31 nitrogen and oxygen atoms in total. The molecule has 12 N–H and O–H groups in total. The number of carbonyl (C=O) groups excluding carboxylic acids is 8. The maximum Gasteiger partial charge on any atom is 0.291 e. The first-order chi connectivity index (χ1) is 43.5. The van der Waals surface area contributed by atoms with Crippen LogP contribution in [0.25, 0.3) is 45.1 Å². The molecule has 472 valence electrons. The lowest BCUT2D eigenvalue weighted by Gasteiger charge is -2.10. The van der Waals surface area contributed by atoms with E-state index in [0.29, 0.717) is 57.7 Å². The molecule has 0 unspecified atom stereocenters. The number of aryl methyl sites for hydroxylation is 6. The van der Waals surface area contributed by atoms with Gasteiger partial charge in [0.25, 0.3) is 35.4 Å². The third-order valence-electron chi connectivity index (χ3n) is 14.7. The van der Waals surface area contributed by atoms with Crippen LogP contribution in [0.2, 0.25) is 0 Å². The number of H-pyrrole nitrogens is 2. The number of carbonyl (C=O) groups is 8. The molecule has 0 aliphatic heterocycles. The number of rotatable bonds is 24. The summed E-state index contributed by atoms with van der Waals surface area (Å²) in [6.07, 6.45) is 12.3. The van der Waals surface area contributed by atoms with E-state index in [-0.39, 0.29) is 106 Å². The molecule has 91 heavy (non-hydrogen) atoms. The van der Waals surface area contributed by atoms with Crippen molar-refractivity contribution in [3.05, 3.63) is 126 Å². The number of imidazole rings is 4. The van der Waals surface area contributed by atoms with Gasteiger partial charge in [0.2, 0.25) is 17.6 Å². The Hall–Kier alpha value is -11.8. The monoisotopic (exact) mass is 1240 g/mol. The molecule has 10 rings (SSSR count). The fraction of sp³-hybridized carbons (Fsp3) is 0.267. The van der Waals surface area contributed by atoms with Gasteiger partial charge in [0.15, 0.2) is 34.8 Å². The Labute approximate surface area is 518 Å². The Balaban J connectivity index is 0.673. The number of fused-ring (bicyclic) bond motifs is 2. The highest BCUT2D eigenvalue weighted by atomic mass is 16.3. The lowest BCUT2D eigenvalue weighted by molar-refractivity contribution is -0.121. The molecular formula is C60H67N21O10. The zero-order valence-electron chi connectivity index (χ0n) is 50.9. The van der Waals surface area contributed by atoms with Gasteiger partial charge in [-0.2, -0.15) is 0 Å². The van der Waals surface area contributed by atoms with E-state index in [0.717, 1.165) is 13.0 Å². The smallest absolute Gasteiger partial charge is 0.291 e. The summed E-state index contributed by atoms with van der Waals surface area (Å²) in [4.78, 5) is 130. The van der Waals surface area contributed by atoms with Crippen LogP contribution >= 0.6 is 0 Å². The standard InChI is InChI=1S/C60H67N21O10/c1-75(2)21-10-18-61-45(82)16-19-64-58(89)43-26-35(30-80(43)7)66-56(87)37-13-15-39-48(50(37)85)74-52(70-39)41-24-33(28-78(41)5)68-60(91)54-72-44(31-81(54)8)71-46(83)11-9-17-63-57(88)42-25-34(29-79(42)6)65-55(86)36-12-14-38-47(49(36)84)73-51(69-38)40-23-32(27-77(40)4)67-59(90)53-62-20-22-76(53)3/h12-15,20,22-31,84-85H,9-11,16-19,21H2,1-8H3,(H,61,82)(H,63,88)(H,64,89)(H,65,86)(H,66,87)(H,67,90)(H,68,91)(H,69,73)(H,70,74)(H,71,83). The molecule has 0 radical (unpaired) electrons. The number of nitrogens with zero attached hydrogens (tertiary/aromatic N) is 11. The van der Waals surface area contributed by atoms with Crippen LogP contribution in [0.1, 0.15) is 88.6 Å². The van der Waals surface area contributed by atoms with Gasteiger partial charge in [0.1, 0.15) is 22.4 Å². The highest BCUT2D eigenvalue weighted by Gasteiger charge is 2.25. The lowest BCUT2D eigenvalue weighted by Crippen LogP contribution is -2.32. The average molecular weight is 1240 g/mol. The van der Waals surface area contributed by atoms with E-state index in [1.807, 2.05) is 19.0 Å². The summed E-state index contributed by atoms with van der Waals surface area (Å²) in [5.74, 6) is -3.46. The van der Waals surface area contributed by atoms with Crippen LogP contribution in [0.15, 0.2) is 91.9 Å².